The van der Waals surface area contributed by atoms with Crippen LogP contribution < -0.4 is 10.9 Å². The zero-order valence-corrected chi connectivity index (χ0v) is 15.2. The summed E-state index contributed by atoms with van der Waals surface area (Å²) in [6.45, 7) is 5.17. The maximum Gasteiger partial charge on any atom is 0.280 e. The monoisotopic (exact) mass is 384 g/mol. The molecule has 146 valence electrons. The SMILES string of the molecule is O=C(/N=c1\[nH]c2cnc(NCCN3CCOCC3)cc2[nH]1)c1ccc(F)cc1. The predicted molar refractivity (Wildman–Crippen MR) is 102 cm³/mol. The van der Waals surface area contributed by atoms with E-state index in [9.17, 15) is 9.18 Å². The zero-order chi connectivity index (χ0) is 19.3. The molecule has 2 aromatic heterocycles. The first-order valence-corrected chi connectivity index (χ1v) is 9.14. The number of rotatable bonds is 5. The quantitative estimate of drug-likeness (QED) is 0.620. The number of nitrogens with one attached hydrogen (secondary N) is 3. The lowest BCUT2D eigenvalue weighted by Crippen LogP contribution is -2.39. The second-order valence-electron chi connectivity index (χ2n) is 6.52. The van der Waals surface area contributed by atoms with E-state index in [0.717, 1.165) is 56.2 Å². The molecule has 3 N–H and O–H groups in total. The van der Waals surface area contributed by atoms with E-state index in [4.69, 9.17) is 4.74 Å². The third-order valence-corrected chi connectivity index (χ3v) is 4.55. The number of aromatic nitrogens is 3. The number of carbonyl (C=O) groups excluding carboxylic acids is 1. The van der Waals surface area contributed by atoms with Gasteiger partial charge in [0, 0.05) is 37.8 Å². The van der Waals surface area contributed by atoms with E-state index in [1.54, 1.807) is 6.20 Å². The molecule has 1 aromatic carbocycles. The van der Waals surface area contributed by atoms with Gasteiger partial charge < -0.3 is 20.0 Å². The van der Waals surface area contributed by atoms with Gasteiger partial charge >= 0.3 is 0 Å². The molecule has 1 aliphatic rings. The highest BCUT2D eigenvalue weighted by Crippen LogP contribution is 2.11. The molecule has 0 radical (unpaired) electrons. The molecule has 28 heavy (non-hydrogen) atoms. The lowest BCUT2D eigenvalue weighted by molar-refractivity contribution is 0.0398. The summed E-state index contributed by atoms with van der Waals surface area (Å²) in [5.74, 6) is -0.111. The van der Waals surface area contributed by atoms with Crippen LogP contribution in [0.5, 0.6) is 0 Å². The Morgan fingerprint density at radius 2 is 1.96 bits per heavy atom. The summed E-state index contributed by atoms with van der Waals surface area (Å²) < 4.78 is 18.3. The number of hydrogen-bond acceptors (Lipinski definition) is 5. The molecule has 0 unspecified atom stereocenters. The summed E-state index contributed by atoms with van der Waals surface area (Å²) >= 11 is 0. The second-order valence-corrected chi connectivity index (χ2v) is 6.52. The van der Waals surface area contributed by atoms with Crippen molar-refractivity contribution >= 4 is 22.8 Å². The van der Waals surface area contributed by atoms with E-state index in [1.165, 1.54) is 24.3 Å². The molecular formula is C19H21FN6O2. The molecule has 3 aromatic rings. The average Bonchev–Trinajstić information content (AvgIpc) is 3.11. The number of imidazole rings is 1. The molecule has 1 fully saturated rings. The maximum absolute atomic E-state index is 13.0. The van der Waals surface area contributed by atoms with Gasteiger partial charge in [-0.2, -0.15) is 4.99 Å². The van der Waals surface area contributed by atoms with Crippen molar-refractivity contribution in [2.24, 2.45) is 4.99 Å². The lowest BCUT2D eigenvalue weighted by Gasteiger charge is -2.26. The van der Waals surface area contributed by atoms with Gasteiger partial charge in [0.05, 0.1) is 30.4 Å². The van der Waals surface area contributed by atoms with Crippen LogP contribution in [-0.4, -0.2) is 65.2 Å². The minimum absolute atomic E-state index is 0.316. The smallest absolute Gasteiger partial charge is 0.280 e. The van der Waals surface area contributed by atoms with Gasteiger partial charge in [-0.05, 0) is 24.3 Å². The van der Waals surface area contributed by atoms with Crippen LogP contribution in [0.4, 0.5) is 10.2 Å². The summed E-state index contributed by atoms with van der Waals surface area (Å²) in [7, 11) is 0. The van der Waals surface area contributed by atoms with Crippen LogP contribution in [0.15, 0.2) is 41.5 Å². The number of benzene rings is 1. The number of nitrogens with zero attached hydrogens (tertiary/aromatic N) is 3. The Bertz CT molecular complexity index is 1020. The largest absolute Gasteiger partial charge is 0.379 e. The van der Waals surface area contributed by atoms with Crippen molar-refractivity contribution in [3.05, 3.63) is 53.5 Å². The number of hydrogen-bond donors (Lipinski definition) is 3. The van der Waals surface area contributed by atoms with Gasteiger partial charge in [-0.3, -0.25) is 9.69 Å². The first-order valence-electron chi connectivity index (χ1n) is 9.14. The van der Waals surface area contributed by atoms with Gasteiger partial charge in [0.15, 0.2) is 0 Å². The molecule has 3 heterocycles. The van der Waals surface area contributed by atoms with Crippen LogP contribution in [0.2, 0.25) is 0 Å². The third kappa shape index (κ3) is 4.44. The van der Waals surface area contributed by atoms with E-state index >= 15 is 0 Å². The highest BCUT2D eigenvalue weighted by Gasteiger charge is 2.10. The van der Waals surface area contributed by atoms with Gasteiger partial charge in [-0.15, -0.1) is 0 Å². The Balaban J connectivity index is 1.43. The maximum atomic E-state index is 13.0. The van der Waals surface area contributed by atoms with Crippen LogP contribution in [0.3, 0.4) is 0 Å². The third-order valence-electron chi connectivity index (χ3n) is 4.55. The molecule has 4 rings (SSSR count). The van der Waals surface area contributed by atoms with E-state index in [-0.39, 0.29) is 0 Å². The summed E-state index contributed by atoms with van der Waals surface area (Å²) in [5.41, 5.74) is 2.16. The normalized spacial score (nSPS) is 15.8. The van der Waals surface area contributed by atoms with Crippen LogP contribution >= 0.6 is 0 Å². The molecule has 8 nitrogen and oxygen atoms in total. The minimum Gasteiger partial charge on any atom is -0.379 e. The van der Waals surface area contributed by atoms with Crippen molar-refractivity contribution in [2.45, 2.75) is 0 Å². The Labute approximate surface area is 160 Å². The highest BCUT2D eigenvalue weighted by molar-refractivity contribution is 5.94. The first kappa shape index (κ1) is 18.3. The van der Waals surface area contributed by atoms with Gasteiger partial charge in [0.1, 0.15) is 11.6 Å². The lowest BCUT2D eigenvalue weighted by atomic mass is 10.2. The first-order chi connectivity index (χ1) is 13.7. The standard InChI is InChI=1S/C19H21FN6O2/c20-14-3-1-13(2-4-14)18(27)25-19-23-15-11-17(22-12-16(15)24-19)21-5-6-26-7-9-28-10-8-26/h1-4,11-12H,5-10H2,(H,21,22)(H2,23,24,25,27). The number of morpholine rings is 1. The number of H-pyrrole nitrogens is 2. The number of fused-ring (bicyclic) bond motifs is 1. The van der Waals surface area contributed by atoms with Crippen molar-refractivity contribution in [3.63, 3.8) is 0 Å². The Morgan fingerprint density at radius 1 is 1.21 bits per heavy atom. The number of pyridine rings is 1. The molecule has 1 saturated heterocycles. The number of amides is 1. The van der Waals surface area contributed by atoms with Gasteiger partial charge in [0.2, 0.25) is 5.62 Å². The zero-order valence-electron chi connectivity index (χ0n) is 15.2. The van der Waals surface area contributed by atoms with E-state index in [0.29, 0.717) is 11.2 Å². The molecule has 0 bridgehead atoms. The minimum atomic E-state index is -0.459. The van der Waals surface area contributed by atoms with E-state index in [2.05, 4.69) is 30.2 Å². The highest BCUT2D eigenvalue weighted by atomic mass is 19.1. The average molecular weight is 384 g/mol. The topological polar surface area (TPSA) is 98.4 Å². The number of halogens is 1. The molecule has 0 aliphatic carbocycles. The summed E-state index contributed by atoms with van der Waals surface area (Å²) in [6.07, 6.45) is 1.68. The molecule has 1 aliphatic heterocycles. The van der Waals surface area contributed by atoms with Crippen molar-refractivity contribution in [2.75, 3.05) is 44.7 Å². The molecular weight excluding hydrogens is 363 g/mol. The Hall–Kier alpha value is -3.04. The Morgan fingerprint density at radius 3 is 2.75 bits per heavy atom. The number of anilines is 1. The van der Waals surface area contributed by atoms with Crippen LogP contribution in [-0.2, 0) is 4.74 Å². The summed E-state index contributed by atoms with van der Waals surface area (Å²) in [6, 6.07) is 7.14. The summed E-state index contributed by atoms with van der Waals surface area (Å²) in [4.78, 5) is 29.0. The Kier molecular flexibility index (Phi) is 5.45. The fraction of sp³-hybridized carbons (Fsp3) is 0.316. The van der Waals surface area contributed by atoms with E-state index < -0.39 is 11.7 Å². The fourth-order valence-electron chi connectivity index (χ4n) is 3.02. The van der Waals surface area contributed by atoms with Crippen molar-refractivity contribution in [1.29, 1.82) is 0 Å². The molecule has 1 amide bonds. The molecule has 0 saturated carbocycles. The van der Waals surface area contributed by atoms with Crippen molar-refractivity contribution in [3.8, 4) is 0 Å². The number of ether oxygens (including phenoxy) is 1. The van der Waals surface area contributed by atoms with Crippen LogP contribution in [0.25, 0.3) is 11.0 Å². The molecule has 0 atom stereocenters. The second kappa shape index (κ2) is 8.32. The molecule has 9 heteroatoms. The van der Waals surface area contributed by atoms with Crippen LogP contribution in [0.1, 0.15) is 10.4 Å². The van der Waals surface area contributed by atoms with E-state index in [1.807, 2.05) is 6.07 Å². The fourth-order valence-corrected chi connectivity index (χ4v) is 3.02. The number of carbonyl (C=O) groups is 1. The van der Waals surface area contributed by atoms with Crippen LogP contribution in [0, 0.1) is 5.82 Å². The van der Waals surface area contributed by atoms with Gasteiger partial charge in [-0.1, -0.05) is 0 Å². The van der Waals surface area contributed by atoms with Gasteiger partial charge in [0.25, 0.3) is 5.91 Å². The predicted octanol–water partition coefficient (Wildman–Crippen LogP) is 1.52. The molecule has 0 spiro atoms. The summed E-state index contributed by atoms with van der Waals surface area (Å²) in [5, 5.41) is 3.30. The number of aromatic amines is 2. The van der Waals surface area contributed by atoms with Crippen molar-refractivity contribution in [1.82, 2.24) is 19.9 Å². The van der Waals surface area contributed by atoms with Gasteiger partial charge in [-0.25, -0.2) is 9.37 Å². The van der Waals surface area contributed by atoms with Crippen molar-refractivity contribution < 1.29 is 13.9 Å².